The van der Waals surface area contributed by atoms with E-state index >= 15 is 0 Å². The molecule has 0 N–H and O–H groups in total. The van der Waals surface area contributed by atoms with Crippen LogP contribution in [0.4, 0.5) is 0 Å². The van der Waals surface area contributed by atoms with E-state index in [1.807, 2.05) is 0 Å². The molecule has 0 radical (unpaired) electrons. The predicted molar refractivity (Wildman–Crippen MR) is 103 cm³/mol. The molecule has 1 heterocycles. The molecule has 2 amide bonds. The second kappa shape index (κ2) is 6.68. The molecule has 5 rings (SSSR count). The van der Waals surface area contributed by atoms with Crippen molar-refractivity contribution in [1.82, 2.24) is 4.90 Å². The van der Waals surface area contributed by atoms with Gasteiger partial charge in [-0.2, -0.15) is 0 Å². The zero-order chi connectivity index (χ0) is 18.4. The summed E-state index contributed by atoms with van der Waals surface area (Å²) in [5.74, 6) is -0.0346. The highest BCUT2D eigenvalue weighted by Crippen LogP contribution is 2.60. The Kier molecular flexibility index (Phi) is 4.50. The highest BCUT2D eigenvalue weighted by Gasteiger charge is 2.60. The molecule has 1 fully saturated rings. The minimum absolute atomic E-state index is 0.0758. The van der Waals surface area contributed by atoms with E-state index in [1.165, 1.54) is 41.5 Å². The average molecular weight is 351 g/mol. The lowest BCUT2D eigenvalue weighted by atomic mass is 9.55. The van der Waals surface area contributed by atoms with Gasteiger partial charge in [0.25, 0.3) is 0 Å². The maximum Gasteiger partial charge on any atom is 0.234 e. The summed E-state index contributed by atoms with van der Waals surface area (Å²) in [6.07, 6.45) is 5.66. The zero-order valence-corrected chi connectivity index (χ0v) is 16.1. The fourth-order valence-electron chi connectivity index (χ4n) is 5.53. The number of benzene rings is 1. The molecule has 138 valence electrons. The molecule has 4 atom stereocenters. The van der Waals surface area contributed by atoms with Gasteiger partial charge in [-0.25, -0.2) is 0 Å². The molecule has 1 saturated heterocycles. The minimum atomic E-state index is -0.179. The van der Waals surface area contributed by atoms with Gasteiger partial charge < -0.3 is 0 Å². The van der Waals surface area contributed by atoms with Crippen LogP contribution in [0.25, 0.3) is 0 Å². The first-order valence-electron chi connectivity index (χ1n) is 10.2. The normalized spacial score (nSPS) is 29.4. The van der Waals surface area contributed by atoms with Gasteiger partial charge in [0.05, 0.1) is 11.8 Å². The van der Waals surface area contributed by atoms with E-state index in [-0.39, 0.29) is 35.5 Å². The van der Waals surface area contributed by atoms with E-state index in [0.29, 0.717) is 6.54 Å². The van der Waals surface area contributed by atoms with Gasteiger partial charge in [-0.3, -0.25) is 14.5 Å². The standard InChI is InChI=1S/C23H29NO2/c1-4-5-6-7-10-13-24-22(25)20-18-14(2)15(3)19(21(20)23(24)26)17-12-9-8-11-16(17)18/h8-9,11-12,18-21H,4-7,10,13H2,1-3H3/t18-,19+,20-,21+. The van der Waals surface area contributed by atoms with Crippen molar-refractivity contribution in [2.45, 2.75) is 64.7 Å². The number of carbonyl (C=O) groups is 2. The van der Waals surface area contributed by atoms with Crippen molar-refractivity contribution in [2.24, 2.45) is 11.8 Å². The van der Waals surface area contributed by atoms with Crippen LogP contribution in [-0.2, 0) is 9.59 Å². The van der Waals surface area contributed by atoms with Gasteiger partial charge in [0.1, 0.15) is 0 Å². The van der Waals surface area contributed by atoms with Gasteiger partial charge >= 0.3 is 0 Å². The Morgan fingerprint density at radius 1 is 0.808 bits per heavy atom. The van der Waals surface area contributed by atoms with Gasteiger partial charge in [-0.05, 0) is 31.4 Å². The third-order valence-corrected chi connectivity index (χ3v) is 6.91. The molecule has 1 aromatic carbocycles. The summed E-state index contributed by atoms with van der Waals surface area (Å²) in [4.78, 5) is 28.0. The van der Waals surface area contributed by atoms with Gasteiger partial charge in [0.15, 0.2) is 0 Å². The number of amides is 2. The molecule has 1 aromatic rings. The number of carbonyl (C=O) groups excluding carboxylic acids is 2. The molecule has 0 aromatic heterocycles. The topological polar surface area (TPSA) is 37.4 Å². The second-order valence-electron chi connectivity index (χ2n) is 8.24. The van der Waals surface area contributed by atoms with Gasteiger partial charge in [-0.1, -0.05) is 68.0 Å². The Morgan fingerprint density at radius 3 is 1.81 bits per heavy atom. The average Bonchev–Trinajstić information content (AvgIpc) is 2.89. The van der Waals surface area contributed by atoms with Crippen molar-refractivity contribution in [3.63, 3.8) is 0 Å². The molecule has 2 bridgehead atoms. The van der Waals surface area contributed by atoms with Crippen LogP contribution in [-0.4, -0.2) is 23.3 Å². The molecule has 1 aliphatic heterocycles. The van der Waals surface area contributed by atoms with Crippen molar-refractivity contribution in [2.75, 3.05) is 6.54 Å². The molecule has 0 saturated carbocycles. The van der Waals surface area contributed by atoms with Crippen molar-refractivity contribution < 1.29 is 9.59 Å². The molecule has 0 unspecified atom stereocenters. The number of unbranched alkanes of at least 4 members (excludes halogenated alkanes) is 4. The van der Waals surface area contributed by atoms with Gasteiger partial charge in [0.2, 0.25) is 11.8 Å². The SMILES string of the molecule is CCCCCCCN1C(=O)[C@@H]2[C@H](C1=O)[C@@H]1C(C)=C(C)[C@H]2c2ccccc21. The first kappa shape index (κ1) is 17.5. The van der Waals surface area contributed by atoms with E-state index in [1.54, 1.807) is 4.90 Å². The van der Waals surface area contributed by atoms with Crippen LogP contribution in [0.5, 0.6) is 0 Å². The largest absolute Gasteiger partial charge is 0.282 e. The summed E-state index contributed by atoms with van der Waals surface area (Å²) in [5.41, 5.74) is 5.15. The lowest BCUT2D eigenvalue weighted by Gasteiger charge is -2.46. The number of imide groups is 1. The Bertz CT molecular complexity index is 721. The Hall–Kier alpha value is -1.90. The fourth-order valence-corrected chi connectivity index (χ4v) is 5.53. The molecule has 26 heavy (non-hydrogen) atoms. The van der Waals surface area contributed by atoms with Gasteiger partial charge in [-0.15, -0.1) is 0 Å². The Morgan fingerprint density at radius 2 is 1.31 bits per heavy atom. The van der Waals surface area contributed by atoms with Crippen molar-refractivity contribution >= 4 is 11.8 Å². The maximum atomic E-state index is 13.2. The van der Waals surface area contributed by atoms with Crippen molar-refractivity contribution in [3.8, 4) is 0 Å². The Labute approximate surface area is 156 Å². The fraction of sp³-hybridized carbons (Fsp3) is 0.565. The first-order chi connectivity index (χ1) is 12.6. The quantitative estimate of drug-likeness (QED) is 0.420. The Balaban J connectivity index is 1.62. The van der Waals surface area contributed by atoms with Crippen LogP contribution in [0, 0.1) is 11.8 Å². The van der Waals surface area contributed by atoms with Crippen LogP contribution < -0.4 is 0 Å². The number of likely N-dealkylation sites (tertiary alicyclic amines) is 1. The van der Waals surface area contributed by atoms with E-state index in [2.05, 4.69) is 45.0 Å². The molecule has 3 heteroatoms. The summed E-state index contributed by atoms with van der Waals surface area (Å²) in [7, 11) is 0. The molecular weight excluding hydrogens is 322 g/mol. The van der Waals surface area contributed by atoms with Crippen LogP contribution in [0.15, 0.2) is 35.4 Å². The summed E-state index contributed by atoms with van der Waals surface area (Å²) in [5, 5.41) is 0. The molecule has 3 nitrogen and oxygen atoms in total. The third-order valence-electron chi connectivity index (χ3n) is 6.91. The van der Waals surface area contributed by atoms with Crippen molar-refractivity contribution in [1.29, 1.82) is 0 Å². The maximum absolute atomic E-state index is 13.2. The van der Waals surface area contributed by atoms with Crippen LogP contribution in [0.1, 0.15) is 75.8 Å². The summed E-state index contributed by atoms with van der Waals surface area (Å²) in [6.45, 7) is 7.11. The number of nitrogens with zero attached hydrogens (tertiary/aromatic N) is 1. The predicted octanol–water partition coefficient (Wildman–Crippen LogP) is 4.79. The van der Waals surface area contributed by atoms with Crippen molar-refractivity contribution in [3.05, 3.63) is 46.5 Å². The van der Waals surface area contributed by atoms with E-state index in [0.717, 1.165) is 12.8 Å². The number of hydrogen-bond acceptors (Lipinski definition) is 2. The zero-order valence-electron chi connectivity index (χ0n) is 16.1. The second-order valence-corrected chi connectivity index (χ2v) is 8.24. The monoisotopic (exact) mass is 351 g/mol. The highest BCUT2D eigenvalue weighted by atomic mass is 16.2. The number of allylic oxidation sites excluding steroid dienone is 2. The number of hydrogen-bond donors (Lipinski definition) is 0. The third kappa shape index (κ3) is 2.39. The van der Waals surface area contributed by atoms with Crippen LogP contribution in [0.2, 0.25) is 0 Å². The van der Waals surface area contributed by atoms with E-state index < -0.39 is 0 Å². The minimum Gasteiger partial charge on any atom is -0.282 e. The summed E-state index contributed by atoms with van der Waals surface area (Å²) >= 11 is 0. The van der Waals surface area contributed by atoms with Crippen LogP contribution in [0.3, 0.4) is 0 Å². The highest BCUT2D eigenvalue weighted by molar-refractivity contribution is 6.07. The summed E-state index contributed by atoms with van der Waals surface area (Å²) in [6, 6.07) is 8.43. The summed E-state index contributed by atoms with van der Waals surface area (Å²) < 4.78 is 0. The molecule has 4 aliphatic rings. The number of rotatable bonds is 6. The molecule has 3 aliphatic carbocycles. The lowest BCUT2D eigenvalue weighted by molar-refractivity contribution is -0.140. The molecule has 0 spiro atoms. The van der Waals surface area contributed by atoms with Crippen LogP contribution >= 0.6 is 0 Å². The van der Waals surface area contributed by atoms with E-state index in [9.17, 15) is 9.59 Å². The smallest absolute Gasteiger partial charge is 0.234 e. The molecular formula is C23H29NO2. The first-order valence-corrected chi connectivity index (χ1v) is 10.2. The van der Waals surface area contributed by atoms with E-state index in [4.69, 9.17) is 0 Å². The van der Waals surface area contributed by atoms with Gasteiger partial charge in [0, 0.05) is 18.4 Å². The lowest BCUT2D eigenvalue weighted by Crippen LogP contribution is -2.40.